The molecule has 4 rings (SSSR count). The van der Waals surface area contributed by atoms with E-state index in [9.17, 15) is 9.59 Å². The molecule has 0 saturated heterocycles. The Morgan fingerprint density at radius 2 is 1.90 bits per heavy atom. The minimum atomic E-state index is -0.498. The fraction of sp³-hybridized carbons (Fsp3) is 0.250. The molecule has 3 aromatic rings. The normalized spacial score (nSPS) is 15.8. The summed E-state index contributed by atoms with van der Waals surface area (Å²) in [6.07, 6.45) is 6.85. The lowest BCUT2D eigenvalue weighted by Crippen LogP contribution is -2.12. The Morgan fingerprint density at radius 1 is 1.07 bits per heavy atom. The Morgan fingerprint density at radius 3 is 2.63 bits per heavy atom. The van der Waals surface area contributed by atoms with Crippen LogP contribution < -0.4 is 15.1 Å². The minimum Gasteiger partial charge on any atom is -0.497 e. The smallest absolute Gasteiger partial charge is 0.344 e. The monoisotopic (exact) mass is 406 g/mol. The lowest BCUT2D eigenvalue weighted by Gasteiger charge is -2.18. The number of Topliss-reactive ketones (excluding diaryl/α,β-unsaturated/α-hetero) is 1. The SMILES string of the molecule is COC1=C[C@H](COc2cc3oc(=O)c4cc(C(C)=O)ccc4c3cc2OC)CC=C1. The van der Waals surface area contributed by atoms with Crippen LogP contribution in [0.25, 0.3) is 21.7 Å². The average Bonchev–Trinajstić information content (AvgIpc) is 2.77. The number of ketones is 1. The van der Waals surface area contributed by atoms with Crippen LogP contribution in [-0.4, -0.2) is 26.6 Å². The molecule has 0 amide bonds. The largest absolute Gasteiger partial charge is 0.497 e. The zero-order chi connectivity index (χ0) is 21.3. The molecule has 0 N–H and O–H groups in total. The predicted octanol–water partition coefficient (Wildman–Crippen LogP) is 4.64. The third-order valence-electron chi connectivity index (χ3n) is 5.21. The highest BCUT2D eigenvalue weighted by Crippen LogP contribution is 2.35. The van der Waals surface area contributed by atoms with Gasteiger partial charge in [-0.1, -0.05) is 18.2 Å². The van der Waals surface area contributed by atoms with Crippen molar-refractivity contribution < 1.29 is 23.4 Å². The minimum absolute atomic E-state index is 0.110. The number of ether oxygens (including phenoxy) is 3. The molecule has 1 aliphatic carbocycles. The van der Waals surface area contributed by atoms with Gasteiger partial charge in [0.05, 0.1) is 26.2 Å². The van der Waals surface area contributed by atoms with E-state index in [0.29, 0.717) is 45.4 Å². The summed E-state index contributed by atoms with van der Waals surface area (Å²) in [5, 5.41) is 1.77. The van der Waals surface area contributed by atoms with Crippen LogP contribution in [0.1, 0.15) is 23.7 Å². The highest BCUT2D eigenvalue weighted by molar-refractivity contribution is 6.07. The van der Waals surface area contributed by atoms with Crippen molar-refractivity contribution in [2.45, 2.75) is 13.3 Å². The first-order chi connectivity index (χ1) is 14.5. The number of carbonyl (C=O) groups is 1. The van der Waals surface area contributed by atoms with Crippen LogP contribution in [0.2, 0.25) is 0 Å². The molecular formula is C24H22O6. The zero-order valence-corrected chi connectivity index (χ0v) is 17.1. The van der Waals surface area contributed by atoms with Crippen molar-refractivity contribution in [1.29, 1.82) is 0 Å². The van der Waals surface area contributed by atoms with Crippen LogP contribution in [-0.2, 0) is 4.74 Å². The van der Waals surface area contributed by atoms with E-state index >= 15 is 0 Å². The molecular weight excluding hydrogens is 384 g/mol. The highest BCUT2D eigenvalue weighted by Gasteiger charge is 2.16. The summed E-state index contributed by atoms with van der Waals surface area (Å²) >= 11 is 0. The molecule has 6 heteroatoms. The van der Waals surface area contributed by atoms with Crippen molar-refractivity contribution in [3.05, 3.63) is 70.3 Å². The van der Waals surface area contributed by atoms with Gasteiger partial charge >= 0.3 is 5.63 Å². The van der Waals surface area contributed by atoms with Gasteiger partial charge in [0.25, 0.3) is 0 Å². The lowest BCUT2D eigenvalue weighted by molar-refractivity contribution is 0.101. The van der Waals surface area contributed by atoms with Gasteiger partial charge < -0.3 is 18.6 Å². The summed E-state index contributed by atoms with van der Waals surface area (Å²) in [5.74, 6) is 1.90. The fourth-order valence-electron chi connectivity index (χ4n) is 3.59. The van der Waals surface area contributed by atoms with E-state index in [1.807, 2.05) is 18.2 Å². The first kappa shape index (κ1) is 19.8. The number of hydrogen-bond donors (Lipinski definition) is 0. The third-order valence-corrected chi connectivity index (χ3v) is 5.21. The Hall–Kier alpha value is -3.54. The maximum absolute atomic E-state index is 12.5. The molecule has 30 heavy (non-hydrogen) atoms. The molecule has 0 bridgehead atoms. The van der Waals surface area contributed by atoms with E-state index in [-0.39, 0.29) is 11.7 Å². The van der Waals surface area contributed by atoms with Gasteiger partial charge in [-0.15, -0.1) is 0 Å². The Balaban J connectivity index is 1.73. The summed E-state index contributed by atoms with van der Waals surface area (Å²) < 4.78 is 22.3. The van der Waals surface area contributed by atoms with Crippen molar-refractivity contribution >= 4 is 27.5 Å². The van der Waals surface area contributed by atoms with Crippen molar-refractivity contribution in [2.75, 3.05) is 20.8 Å². The van der Waals surface area contributed by atoms with Gasteiger partial charge in [0.2, 0.25) is 0 Å². The van der Waals surface area contributed by atoms with Gasteiger partial charge in [0, 0.05) is 28.3 Å². The van der Waals surface area contributed by atoms with E-state index in [0.717, 1.165) is 12.2 Å². The van der Waals surface area contributed by atoms with Gasteiger partial charge in [0.15, 0.2) is 17.3 Å². The van der Waals surface area contributed by atoms with Crippen molar-refractivity contribution in [1.82, 2.24) is 0 Å². The molecule has 1 aromatic heterocycles. The maximum atomic E-state index is 12.5. The standard InChI is InChI=1S/C24H22O6/c1-14(25)16-7-8-18-19-11-22(28-3)23(12-21(19)30-24(26)20(18)10-16)29-13-15-5-4-6-17(9-15)27-2/h4,6-12,15H,5,13H2,1-3H3/t15-/m1/s1. The van der Waals surface area contributed by atoms with Crippen LogP contribution >= 0.6 is 0 Å². The van der Waals surface area contributed by atoms with Crippen molar-refractivity contribution in [3.63, 3.8) is 0 Å². The molecule has 154 valence electrons. The molecule has 0 aliphatic heterocycles. The molecule has 1 atom stereocenters. The summed E-state index contributed by atoms with van der Waals surface area (Å²) in [4.78, 5) is 24.2. The molecule has 1 heterocycles. The lowest BCUT2D eigenvalue weighted by atomic mass is 10.0. The summed E-state index contributed by atoms with van der Waals surface area (Å²) in [7, 11) is 3.20. The Labute approximate surface area is 173 Å². The van der Waals surface area contributed by atoms with Gasteiger partial charge in [-0.2, -0.15) is 0 Å². The Kier molecular flexibility index (Phi) is 5.31. The van der Waals surface area contributed by atoms with E-state index in [2.05, 4.69) is 0 Å². The summed E-state index contributed by atoms with van der Waals surface area (Å²) in [6.45, 7) is 1.89. The molecule has 0 saturated carbocycles. The number of carbonyl (C=O) groups excluding carboxylic acids is 1. The number of rotatable bonds is 6. The molecule has 1 aliphatic rings. The molecule has 0 unspecified atom stereocenters. The predicted molar refractivity (Wildman–Crippen MR) is 114 cm³/mol. The van der Waals surface area contributed by atoms with E-state index < -0.39 is 5.63 Å². The average molecular weight is 406 g/mol. The number of hydrogen-bond acceptors (Lipinski definition) is 6. The molecule has 6 nitrogen and oxygen atoms in total. The van der Waals surface area contributed by atoms with E-state index in [1.54, 1.807) is 44.6 Å². The second-order valence-corrected chi connectivity index (χ2v) is 7.19. The van der Waals surface area contributed by atoms with Crippen LogP contribution in [0.3, 0.4) is 0 Å². The summed E-state index contributed by atoms with van der Waals surface area (Å²) in [6, 6.07) is 8.50. The van der Waals surface area contributed by atoms with E-state index in [4.69, 9.17) is 18.6 Å². The van der Waals surface area contributed by atoms with Gasteiger partial charge in [-0.05, 0) is 37.6 Å². The quantitative estimate of drug-likeness (QED) is 0.337. The van der Waals surface area contributed by atoms with Gasteiger partial charge in [-0.3, -0.25) is 4.79 Å². The molecule has 0 spiro atoms. The Bertz CT molecular complexity index is 1250. The fourth-order valence-corrected chi connectivity index (χ4v) is 3.59. The topological polar surface area (TPSA) is 75.0 Å². The molecule has 0 fully saturated rings. The zero-order valence-electron chi connectivity index (χ0n) is 17.1. The first-order valence-corrected chi connectivity index (χ1v) is 9.65. The second-order valence-electron chi connectivity index (χ2n) is 7.19. The molecule has 0 radical (unpaired) electrons. The van der Waals surface area contributed by atoms with Crippen LogP contribution in [0.15, 0.2) is 63.5 Å². The third kappa shape index (κ3) is 3.68. The van der Waals surface area contributed by atoms with Gasteiger partial charge in [0.1, 0.15) is 11.3 Å². The maximum Gasteiger partial charge on any atom is 0.344 e. The number of fused-ring (bicyclic) bond motifs is 3. The van der Waals surface area contributed by atoms with Crippen LogP contribution in [0, 0.1) is 5.92 Å². The number of methoxy groups -OCH3 is 2. The second kappa shape index (κ2) is 8.06. The van der Waals surface area contributed by atoms with Crippen LogP contribution in [0.5, 0.6) is 11.5 Å². The summed E-state index contributed by atoms with van der Waals surface area (Å²) in [5.41, 5.74) is 0.364. The van der Waals surface area contributed by atoms with Crippen molar-refractivity contribution in [2.24, 2.45) is 5.92 Å². The number of allylic oxidation sites excluding steroid dienone is 2. The van der Waals surface area contributed by atoms with Crippen molar-refractivity contribution in [3.8, 4) is 11.5 Å². The van der Waals surface area contributed by atoms with Gasteiger partial charge in [-0.25, -0.2) is 4.79 Å². The molecule has 2 aromatic carbocycles. The first-order valence-electron chi connectivity index (χ1n) is 9.65. The number of benzene rings is 2. The highest BCUT2D eigenvalue weighted by atomic mass is 16.5. The van der Waals surface area contributed by atoms with Crippen LogP contribution in [0.4, 0.5) is 0 Å². The van der Waals surface area contributed by atoms with E-state index in [1.165, 1.54) is 6.92 Å².